The fraction of sp³-hybridized carbons (Fsp3) is 0.700. The number of carbonyl (C=O) groups excluding carboxylic acids is 2. The van der Waals surface area contributed by atoms with Gasteiger partial charge < -0.3 is 20.0 Å². The molecule has 1 spiro atoms. The van der Waals surface area contributed by atoms with Crippen LogP contribution in [-0.4, -0.2) is 61.3 Å². The van der Waals surface area contributed by atoms with E-state index in [1.165, 1.54) is 5.57 Å². The molecule has 9 heteroatoms. The van der Waals surface area contributed by atoms with Crippen LogP contribution in [0.2, 0.25) is 18.1 Å². The van der Waals surface area contributed by atoms with Gasteiger partial charge in [-0.15, -0.1) is 6.58 Å². The summed E-state index contributed by atoms with van der Waals surface area (Å²) in [5.41, 5.74) is 7.83. The van der Waals surface area contributed by atoms with Gasteiger partial charge in [0.05, 0.1) is 25.0 Å². The molecule has 0 aromatic heterocycles. The van der Waals surface area contributed by atoms with Crippen molar-refractivity contribution in [2.45, 2.75) is 88.8 Å². The van der Waals surface area contributed by atoms with Crippen LogP contribution in [0.25, 0.3) is 0 Å². The fourth-order valence-corrected chi connectivity index (χ4v) is 8.93. The van der Waals surface area contributed by atoms with Gasteiger partial charge in [0.2, 0.25) is 0 Å². The second kappa shape index (κ2) is 9.31. The van der Waals surface area contributed by atoms with Crippen molar-refractivity contribution in [3.05, 3.63) is 36.5 Å². The van der Waals surface area contributed by atoms with Gasteiger partial charge in [-0.1, -0.05) is 45.4 Å². The summed E-state index contributed by atoms with van der Waals surface area (Å²) in [5.74, 6) is -0.0112. The monoisotopic (exact) mass is 555 g/mol. The minimum Gasteiger partial charge on any atom is -0.409 e. The van der Waals surface area contributed by atoms with Crippen molar-refractivity contribution >= 4 is 25.7 Å². The van der Waals surface area contributed by atoms with E-state index in [0.29, 0.717) is 12.1 Å². The minimum atomic E-state index is -2.11. The van der Waals surface area contributed by atoms with Gasteiger partial charge in [-0.25, -0.2) is 5.43 Å². The number of ketones is 1. The lowest BCUT2D eigenvalue weighted by Gasteiger charge is -2.55. The molecule has 4 N–H and O–H groups in total. The Balaban J connectivity index is 1.39. The van der Waals surface area contributed by atoms with Crippen LogP contribution in [0, 0.1) is 29.1 Å². The molecule has 5 rings (SSSR count). The Morgan fingerprint density at radius 1 is 1.38 bits per heavy atom. The summed E-state index contributed by atoms with van der Waals surface area (Å²) in [7, 11) is -2.11. The SMILES string of the molecule is C=C[C@@H]1CC2[C@@H]3CCC4=C/C(=N/NC(=O)CN)C=C[C@]4(C)C3[C@@H](O)C[C@@]23O[C@]13C(=O)CO[Si](C)(C)C(C)(C)C. The van der Waals surface area contributed by atoms with Crippen LogP contribution in [0.5, 0.6) is 0 Å². The van der Waals surface area contributed by atoms with Crippen LogP contribution in [0.1, 0.15) is 53.4 Å². The number of rotatable bonds is 7. The fourth-order valence-electron chi connectivity index (χ4n) is 8.01. The zero-order valence-corrected chi connectivity index (χ0v) is 25.3. The zero-order valence-electron chi connectivity index (χ0n) is 24.3. The number of ether oxygens (including phenoxy) is 1. The Kier molecular flexibility index (Phi) is 6.83. The predicted octanol–water partition coefficient (Wildman–Crippen LogP) is 3.63. The number of Topliss-reactive ketones (excluding diaryl/α,β-unsaturated/α-hetero) is 1. The average molecular weight is 556 g/mol. The van der Waals surface area contributed by atoms with E-state index in [2.05, 4.69) is 64.0 Å². The molecule has 214 valence electrons. The van der Waals surface area contributed by atoms with Gasteiger partial charge >= 0.3 is 0 Å². The molecule has 8 atom stereocenters. The van der Waals surface area contributed by atoms with Crippen molar-refractivity contribution < 1.29 is 23.9 Å². The van der Waals surface area contributed by atoms with Crippen molar-refractivity contribution in [2.75, 3.05) is 13.2 Å². The maximum atomic E-state index is 13.9. The number of aliphatic hydroxyl groups is 1. The van der Waals surface area contributed by atoms with E-state index in [1.807, 2.05) is 18.2 Å². The molecule has 0 radical (unpaired) electrons. The van der Waals surface area contributed by atoms with Crippen LogP contribution in [0.15, 0.2) is 41.6 Å². The van der Waals surface area contributed by atoms with Gasteiger partial charge in [-0.3, -0.25) is 9.59 Å². The van der Waals surface area contributed by atoms with Crippen LogP contribution < -0.4 is 11.2 Å². The minimum absolute atomic E-state index is 0.00548. The predicted molar refractivity (Wildman–Crippen MR) is 153 cm³/mol. The molecule has 0 aromatic carbocycles. The lowest BCUT2D eigenvalue weighted by Crippen LogP contribution is -2.56. The molecular weight excluding hydrogens is 510 g/mol. The van der Waals surface area contributed by atoms with Gasteiger partial charge in [0, 0.05) is 23.7 Å². The number of epoxide rings is 1. The second-order valence-electron chi connectivity index (χ2n) is 13.9. The topological polar surface area (TPSA) is 127 Å². The highest BCUT2D eigenvalue weighted by Crippen LogP contribution is 2.75. The van der Waals surface area contributed by atoms with Crippen LogP contribution in [-0.2, 0) is 18.8 Å². The highest BCUT2D eigenvalue weighted by molar-refractivity contribution is 6.74. The van der Waals surface area contributed by atoms with Crippen molar-refractivity contribution in [1.82, 2.24) is 5.43 Å². The number of amides is 1. The van der Waals surface area contributed by atoms with Crippen molar-refractivity contribution in [3.8, 4) is 0 Å². The number of hydrogen-bond acceptors (Lipinski definition) is 7. The van der Waals surface area contributed by atoms with Crippen LogP contribution in [0.3, 0.4) is 0 Å². The first-order valence-electron chi connectivity index (χ1n) is 14.3. The number of hydrazone groups is 1. The molecule has 1 aliphatic heterocycles. The number of aliphatic hydroxyl groups excluding tert-OH is 1. The molecule has 5 aliphatic rings. The van der Waals surface area contributed by atoms with Gasteiger partial charge in [0.1, 0.15) is 5.60 Å². The summed E-state index contributed by atoms with van der Waals surface area (Å²) < 4.78 is 12.9. The maximum Gasteiger partial charge on any atom is 0.253 e. The Morgan fingerprint density at radius 3 is 2.74 bits per heavy atom. The van der Waals surface area contributed by atoms with E-state index in [0.717, 1.165) is 19.3 Å². The van der Waals surface area contributed by atoms with Crippen molar-refractivity contribution in [3.63, 3.8) is 0 Å². The summed E-state index contributed by atoms with van der Waals surface area (Å²) in [4.78, 5) is 25.5. The standard InChI is InChI=1S/C30H45N3O5Si/c1-8-18-14-22-21-10-9-19-13-20(32-33-25(36)16-31)11-12-28(19,5)26(21)23(34)15-29(22)30(18,38-29)24(35)17-37-39(6,7)27(2,3)4/h8,11-13,18,21-23,26,34H,1,9-10,14-17,31H2,2-7H3,(H,33,36)/b32-20+/t18-,21+,22?,23+,26?,28+,29-,30+/m1/s1. The van der Waals surface area contributed by atoms with Gasteiger partial charge in [-0.05, 0) is 61.4 Å². The van der Waals surface area contributed by atoms with Crippen LogP contribution >= 0.6 is 0 Å². The molecule has 0 aromatic rings. The Morgan fingerprint density at radius 2 is 2.10 bits per heavy atom. The summed E-state index contributed by atoms with van der Waals surface area (Å²) >= 11 is 0. The lowest BCUT2D eigenvalue weighted by molar-refractivity contribution is -0.127. The molecule has 0 bridgehead atoms. The largest absolute Gasteiger partial charge is 0.409 e. The summed E-state index contributed by atoms with van der Waals surface area (Å²) in [5, 5.41) is 15.9. The third-order valence-corrected chi connectivity index (χ3v) is 15.6. The number of fused-ring (bicyclic) bond motifs is 4. The highest BCUT2D eigenvalue weighted by atomic mass is 28.4. The Labute approximate surface area is 233 Å². The quantitative estimate of drug-likeness (QED) is 0.191. The van der Waals surface area contributed by atoms with Crippen molar-refractivity contribution in [2.24, 2.45) is 39.9 Å². The molecular formula is C30H45N3O5Si. The summed E-state index contributed by atoms with van der Waals surface area (Å²) in [6.45, 7) is 17.1. The number of hydrogen-bond donors (Lipinski definition) is 3. The zero-order chi connectivity index (χ0) is 28.6. The average Bonchev–Trinajstić information content (AvgIpc) is 3.44. The second-order valence-corrected chi connectivity index (χ2v) is 18.8. The smallest absolute Gasteiger partial charge is 0.253 e. The molecule has 8 nitrogen and oxygen atoms in total. The molecule has 4 fully saturated rings. The first kappa shape index (κ1) is 28.6. The number of allylic oxidation sites excluding steroid dienone is 4. The molecule has 1 amide bonds. The van der Waals surface area contributed by atoms with Gasteiger partial charge in [0.25, 0.3) is 5.91 Å². The summed E-state index contributed by atoms with van der Waals surface area (Å²) in [6.07, 6.45) is 10.4. The van der Waals surface area contributed by atoms with Gasteiger partial charge in [0.15, 0.2) is 19.7 Å². The molecule has 3 saturated carbocycles. The number of nitrogens with two attached hydrogens (primary N) is 1. The highest BCUT2D eigenvalue weighted by Gasteiger charge is 2.86. The molecule has 1 saturated heterocycles. The molecule has 2 unspecified atom stereocenters. The normalized spacial score (nSPS) is 41.6. The van der Waals surface area contributed by atoms with E-state index < -0.39 is 25.6 Å². The first-order chi connectivity index (χ1) is 18.2. The number of nitrogens with zero attached hydrogens (tertiary/aromatic N) is 1. The van der Waals surface area contributed by atoms with Crippen molar-refractivity contribution in [1.29, 1.82) is 0 Å². The number of carbonyl (C=O) groups is 2. The molecule has 39 heavy (non-hydrogen) atoms. The van der Waals surface area contributed by atoms with E-state index in [1.54, 1.807) is 0 Å². The third kappa shape index (κ3) is 4.10. The van der Waals surface area contributed by atoms with E-state index >= 15 is 0 Å². The summed E-state index contributed by atoms with van der Waals surface area (Å²) in [6, 6.07) is 0. The first-order valence-corrected chi connectivity index (χ1v) is 17.2. The molecule has 4 aliphatic carbocycles. The number of nitrogens with one attached hydrogen (secondary N) is 1. The van der Waals surface area contributed by atoms with E-state index in [4.69, 9.17) is 14.9 Å². The third-order valence-electron chi connectivity index (χ3n) is 11.1. The maximum absolute atomic E-state index is 13.9. The Hall–Kier alpha value is -1.91. The molecule has 1 heterocycles. The Bertz CT molecular complexity index is 1170. The van der Waals surface area contributed by atoms with Crippen LogP contribution in [0.4, 0.5) is 0 Å². The lowest BCUT2D eigenvalue weighted by atomic mass is 9.49. The van der Waals surface area contributed by atoms with E-state index in [9.17, 15) is 14.7 Å². The van der Waals surface area contributed by atoms with Gasteiger partial charge in [-0.2, -0.15) is 5.10 Å². The van der Waals surface area contributed by atoms with E-state index in [-0.39, 0.29) is 59.0 Å².